The quantitative estimate of drug-likeness (QED) is 0.173. The lowest BCUT2D eigenvalue weighted by atomic mass is 9.91. The predicted molar refractivity (Wildman–Crippen MR) is 178 cm³/mol. The Hall–Kier alpha value is -3.24. The van der Waals surface area contributed by atoms with Gasteiger partial charge in [-0.1, -0.05) is 109 Å². The van der Waals surface area contributed by atoms with Crippen molar-refractivity contribution < 1.29 is 0 Å². The molecule has 7 aromatic rings. The average molecular weight is 693 g/mol. The Kier molecular flexibility index (Phi) is 6.39. The molecule has 0 spiro atoms. The molecule has 0 heterocycles. The Balaban J connectivity index is 1.51. The van der Waals surface area contributed by atoms with Gasteiger partial charge in [0.25, 0.3) is 0 Å². The third-order valence-corrected chi connectivity index (χ3v) is 10.0. The first-order valence-corrected chi connectivity index (χ1v) is 15.1. The van der Waals surface area contributed by atoms with E-state index in [1.807, 2.05) is 0 Å². The van der Waals surface area contributed by atoms with Gasteiger partial charge in [0.2, 0.25) is 0 Å². The second-order valence-corrected chi connectivity index (χ2v) is 12.1. The summed E-state index contributed by atoms with van der Waals surface area (Å²) in [4.78, 5) is 0. The summed E-state index contributed by atoms with van der Waals surface area (Å²) >= 11 is 11.9. The highest BCUT2D eigenvalue weighted by atomic mass is 79.9. The zero-order chi connectivity index (χ0) is 26.5. The van der Waals surface area contributed by atoms with Gasteiger partial charge in [0.1, 0.15) is 0 Å². The molecule has 0 amide bonds. The average Bonchev–Trinajstić information content (AvgIpc) is 2.98. The number of fused-ring (bicyclic) bond motifs is 3. The van der Waals surface area contributed by atoms with Crippen LogP contribution in [0.3, 0.4) is 0 Å². The Bertz CT molecular complexity index is 1810. The summed E-state index contributed by atoms with van der Waals surface area (Å²) in [6, 6.07) is 45.7. The van der Waals surface area contributed by atoms with Crippen LogP contribution in [0.1, 0.15) is 0 Å². The summed E-state index contributed by atoms with van der Waals surface area (Å²) in [6.07, 6.45) is 0. The van der Waals surface area contributed by atoms with E-state index < -0.39 is 0 Å². The van der Waals surface area contributed by atoms with Crippen molar-refractivity contribution in [3.63, 3.8) is 0 Å². The second kappa shape index (κ2) is 10.1. The first-order valence-electron chi connectivity index (χ1n) is 12.8. The molecule has 0 radical (unpaired) electrons. The lowest BCUT2D eigenvalue weighted by molar-refractivity contribution is 1.56. The van der Waals surface area contributed by atoms with Gasteiger partial charge in [-0.2, -0.15) is 0 Å². The van der Waals surface area contributed by atoms with Crippen molar-refractivity contribution in [2.24, 2.45) is 0 Å². The SMILES string of the molecule is Brc1c(-c2cc(-c3ccc4ccccc4c3Br)cc(-c3ccc4ccccc4c3Br)c2)ccc2ccccc12. The van der Waals surface area contributed by atoms with Gasteiger partial charge in [-0.15, -0.1) is 0 Å². The number of halogens is 3. The van der Waals surface area contributed by atoms with Crippen molar-refractivity contribution in [2.75, 3.05) is 0 Å². The monoisotopic (exact) mass is 690 g/mol. The van der Waals surface area contributed by atoms with Crippen LogP contribution in [0.4, 0.5) is 0 Å². The smallest absolute Gasteiger partial charge is 0.0332 e. The molecule has 0 N–H and O–H groups in total. The standard InChI is InChI=1S/C36H21Br3/c37-34-28-10-4-1-7-22(28)13-16-31(34)25-19-26(32-17-14-23-8-2-5-11-29(23)35(32)38)21-27(20-25)33-18-15-24-9-3-6-12-30(24)36(33)39/h1-21H. The maximum absolute atomic E-state index is 3.96. The first-order chi connectivity index (χ1) is 19.1. The van der Waals surface area contributed by atoms with Crippen molar-refractivity contribution in [1.82, 2.24) is 0 Å². The summed E-state index contributed by atoms with van der Waals surface area (Å²) < 4.78 is 3.33. The lowest BCUT2D eigenvalue weighted by Crippen LogP contribution is -1.90. The molecule has 0 nitrogen and oxygen atoms in total. The Morgan fingerprint density at radius 1 is 0.308 bits per heavy atom. The van der Waals surface area contributed by atoms with Gasteiger partial charge in [-0.25, -0.2) is 0 Å². The molecule has 0 atom stereocenters. The van der Waals surface area contributed by atoms with Crippen LogP contribution in [-0.4, -0.2) is 0 Å². The van der Waals surface area contributed by atoms with Crippen LogP contribution in [0.25, 0.3) is 65.7 Å². The summed E-state index contributed by atoms with van der Waals surface area (Å²) in [5.41, 5.74) is 7.02. The fraction of sp³-hybridized carbons (Fsp3) is 0. The molecular formula is C36H21Br3. The molecular weight excluding hydrogens is 672 g/mol. The van der Waals surface area contributed by atoms with Crippen LogP contribution in [0, 0.1) is 0 Å². The van der Waals surface area contributed by atoms with Crippen molar-refractivity contribution >= 4 is 80.1 Å². The van der Waals surface area contributed by atoms with Crippen LogP contribution >= 0.6 is 47.8 Å². The Labute approximate surface area is 252 Å². The molecule has 0 saturated carbocycles. The molecule has 0 aliphatic carbocycles. The van der Waals surface area contributed by atoms with E-state index in [0.29, 0.717) is 0 Å². The lowest BCUT2D eigenvalue weighted by Gasteiger charge is -2.16. The van der Waals surface area contributed by atoms with Gasteiger partial charge < -0.3 is 0 Å². The predicted octanol–water partition coefficient (Wildman–Crippen LogP) is 12.4. The maximum atomic E-state index is 3.96. The van der Waals surface area contributed by atoms with Crippen LogP contribution in [0.2, 0.25) is 0 Å². The van der Waals surface area contributed by atoms with E-state index in [1.165, 1.54) is 65.7 Å². The summed E-state index contributed by atoms with van der Waals surface area (Å²) in [5.74, 6) is 0. The highest BCUT2D eigenvalue weighted by molar-refractivity contribution is 9.11. The minimum Gasteiger partial charge on any atom is -0.0616 e. The largest absolute Gasteiger partial charge is 0.0616 e. The topological polar surface area (TPSA) is 0 Å². The zero-order valence-electron chi connectivity index (χ0n) is 20.8. The first kappa shape index (κ1) is 24.8. The van der Waals surface area contributed by atoms with E-state index in [1.54, 1.807) is 0 Å². The van der Waals surface area contributed by atoms with Gasteiger partial charge >= 0.3 is 0 Å². The highest BCUT2D eigenvalue weighted by Crippen LogP contribution is 2.43. The summed E-state index contributed by atoms with van der Waals surface area (Å²) in [5, 5.41) is 7.29. The molecule has 0 aromatic heterocycles. The molecule has 3 heteroatoms. The Morgan fingerprint density at radius 3 is 0.897 bits per heavy atom. The molecule has 0 fully saturated rings. The molecule has 7 aromatic carbocycles. The van der Waals surface area contributed by atoms with Crippen LogP contribution in [-0.2, 0) is 0 Å². The summed E-state index contributed by atoms with van der Waals surface area (Å²) in [6.45, 7) is 0. The van der Waals surface area contributed by atoms with Crippen molar-refractivity contribution in [2.45, 2.75) is 0 Å². The summed E-state index contributed by atoms with van der Waals surface area (Å²) in [7, 11) is 0. The van der Waals surface area contributed by atoms with E-state index in [9.17, 15) is 0 Å². The molecule has 0 aliphatic heterocycles. The van der Waals surface area contributed by atoms with E-state index >= 15 is 0 Å². The van der Waals surface area contributed by atoms with Crippen LogP contribution in [0.15, 0.2) is 141 Å². The fourth-order valence-electron chi connectivity index (χ4n) is 5.46. The van der Waals surface area contributed by atoms with E-state index in [2.05, 4.69) is 175 Å². The van der Waals surface area contributed by atoms with Crippen molar-refractivity contribution in [3.8, 4) is 33.4 Å². The van der Waals surface area contributed by atoms with Crippen molar-refractivity contribution in [1.29, 1.82) is 0 Å². The zero-order valence-corrected chi connectivity index (χ0v) is 25.5. The molecule has 0 bridgehead atoms. The second-order valence-electron chi connectivity index (χ2n) is 9.74. The van der Waals surface area contributed by atoms with Crippen molar-refractivity contribution in [3.05, 3.63) is 141 Å². The van der Waals surface area contributed by atoms with Gasteiger partial charge in [0.05, 0.1) is 0 Å². The van der Waals surface area contributed by atoms with Gasteiger partial charge in [-0.05, 0) is 132 Å². The molecule has 7 rings (SSSR count). The highest BCUT2D eigenvalue weighted by Gasteiger charge is 2.16. The maximum Gasteiger partial charge on any atom is 0.0332 e. The van der Waals surface area contributed by atoms with E-state index in [0.717, 1.165) is 13.4 Å². The van der Waals surface area contributed by atoms with Gasteiger partial charge in [-0.3, -0.25) is 0 Å². The third-order valence-electron chi connectivity index (χ3n) is 7.46. The van der Waals surface area contributed by atoms with Gasteiger partial charge in [0, 0.05) is 13.4 Å². The van der Waals surface area contributed by atoms with E-state index in [-0.39, 0.29) is 0 Å². The fourth-order valence-corrected chi connectivity index (χ4v) is 7.63. The van der Waals surface area contributed by atoms with Crippen LogP contribution in [0.5, 0.6) is 0 Å². The molecule has 0 aliphatic rings. The minimum atomic E-state index is 1.11. The minimum absolute atomic E-state index is 1.11. The molecule has 39 heavy (non-hydrogen) atoms. The van der Waals surface area contributed by atoms with Gasteiger partial charge in [0.15, 0.2) is 0 Å². The molecule has 0 unspecified atom stereocenters. The van der Waals surface area contributed by atoms with Crippen LogP contribution < -0.4 is 0 Å². The van der Waals surface area contributed by atoms with E-state index in [4.69, 9.17) is 0 Å². The third kappa shape index (κ3) is 4.34. The normalized spacial score (nSPS) is 11.5. The Morgan fingerprint density at radius 2 is 0.590 bits per heavy atom. The molecule has 0 saturated heterocycles. The number of benzene rings is 7. The number of hydrogen-bond donors (Lipinski definition) is 0. The number of rotatable bonds is 3. The number of hydrogen-bond acceptors (Lipinski definition) is 0. The molecule has 186 valence electrons.